The molecular formula is C22H15FN4O5. The third-order valence-corrected chi connectivity index (χ3v) is 4.53. The number of hydrogen-bond donors (Lipinski definition) is 2. The Bertz CT molecular complexity index is 1380. The van der Waals surface area contributed by atoms with Crippen molar-refractivity contribution in [3.05, 3.63) is 100 Å². The Labute approximate surface area is 179 Å². The average molecular weight is 434 g/mol. The van der Waals surface area contributed by atoms with Gasteiger partial charge < -0.3 is 15.1 Å². The smallest absolute Gasteiger partial charge is 0.291 e. The number of anilines is 1. The summed E-state index contributed by atoms with van der Waals surface area (Å²) >= 11 is 0. The molecule has 10 heteroatoms. The highest BCUT2D eigenvalue weighted by atomic mass is 19.1. The zero-order valence-electron chi connectivity index (χ0n) is 16.4. The highest BCUT2D eigenvalue weighted by Gasteiger charge is 2.15. The topological polar surface area (TPSA) is 123 Å². The number of nitrogens with one attached hydrogen (secondary N) is 2. The number of aromatic nitrogens is 2. The first-order valence-corrected chi connectivity index (χ1v) is 9.35. The molecule has 160 valence electrons. The normalized spacial score (nSPS) is 10.7. The van der Waals surface area contributed by atoms with Crippen LogP contribution in [0.5, 0.6) is 0 Å². The van der Waals surface area contributed by atoms with E-state index in [-0.39, 0.29) is 34.8 Å². The molecule has 0 spiro atoms. The Balaban J connectivity index is 1.51. The van der Waals surface area contributed by atoms with Crippen LogP contribution in [0.25, 0.3) is 5.65 Å². The van der Waals surface area contributed by atoms with E-state index in [1.807, 2.05) is 0 Å². The molecular weight excluding hydrogens is 419 g/mol. The van der Waals surface area contributed by atoms with Gasteiger partial charge in [0.05, 0.1) is 24.6 Å². The summed E-state index contributed by atoms with van der Waals surface area (Å²) < 4.78 is 19.1. The minimum Gasteiger partial charge on any atom is -0.459 e. The van der Waals surface area contributed by atoms with Gasteiger partial charge in [0.15, 0.2) is 11.5 Å². The number of pyridine rings is 1. The molecule has 4 aromatic rings. The molecule has 0 aliphatic rings. The van der Waals surface area contributed by atoms with Crippen molar-refractivity contribution in [1.29, 1.82) is 0 Å². The number of carbonyl (C=O) groups excluding carboxylic acids is 3. The van der Waals surface area contributed by atoms with Gasteiger partial charge in [0.2, 0.25) is 0 Å². The van der Waals surface area contributed by atoms with E-state index < -0.39 is 29.0 Å². The first kappa shape index (κ1) is 20.7. The van der Waals surface area contributed by atoms with Gasteiger partial charge in [-0.25, -0.2) is 9.37 Å². The average Bonchev–Trinajstić information content (AvgIpc) is 3.34. The van der Waals surface area contributed by atoms with Gasteiger partial charge in [0.25, 0.3) is 17.4 Å². The van der Waals surface area contributed by atoms with E-state index in [2.05, 4.69) is 15.6 Å². The number of carbonyl (C=O) groups is 3. The third kappa shape index (κ3) is 4.29. The highest BCUT2D eigenvalue weighted by Crippen LogP contribution is 2.08. The Morgan fingerprint density at radius 1 is 1.00 bits per heavy atom. The van der Waals surface area contributed by atoms with E-state index >= 15 is 0 Å². The van der Waals surface area contributed by atoms with Gasteiger partial charge in [-0.15, -0.1) is 0 Å². The molecule has 0 saturated heterocycles. The molecule has 4 rings (SSSR count). The minimum atomic E-state index is -0.623. The van der Waals surface area contributed by atoms with Crippen LogP contribution in [-0.2, 0) is 0 Å². The van der Waals surface area contributed by atoms with E-state index in [0.717, 1.165) is 16.5 Å². The number of furan rings is 1. The van der Waals surface area contributed by atoms with Crippen molar-refractivity contribution in [2.45, 2.75) is 0 Å². The molecule has 0 aliphatic heterocycles. The Kier molecular flexibility index (Phi) is 5.58. The molecule has 0 bridgehead atoms. The molecule has 0 radical (unpaired) electrons. The first-order chi connectivity index (χ1) is 15.4. The van der Waals surface area contributed by atoms with Crippen LogP contribution in [0.15, 0.2) is 76.4 Å². The number of nitrogens with zero attached hydrogens (tertiary/aromatic N) is 2. The van der Waals surface area contributed by atoms with Crippen molar-refractivity contribution >= 4 is 28.9 Å². The number of amides is 2. The van der Waals surface area contributed by atoms with E-state index in [1.54, 1.807) is 0 Å². The molecule has 0 unspecified atom stereocenters. The van der Waals surface area contributed by atoms with Crippen molar-refractivity contribution in [3.8, 4) is 0 Å². The van der Waals surface area contributed by atoms with E-state index in [0.29, 0.717) is 0 Å². The van der Waals surface area contributed by atoms with E-state index in [9.17, 15) is 23.6 Å². The molecule has 9 nitrogen and oxygen atoms in total. The minimum absolute atomic E-state index is 0.0217. The van der Waals surface area contributed by atoms with Crippen molar-refractivity contribution in [2.24, 2.45) is 0 Å². The molecule has 0 atom stereocenters. The van der Waals surface area contributed by atoms with Crippen LogP contribution in [0, 0.1) is 5.82 Å². The predicted octanol–water partition coefficient (Wildman–Crippen LogP) is 2.29. The molecule has 3 heterocycles. The molecule has 2 N–H and O–H groups in total. The number of ketones is 1. The summed E-state index contributed by atoms with van der Waals surface area (Å²) in [5.74, 6) is -2.07. The summed E-state index contributed by atoms with van der Waals surface area (Å²) in [4.78, 5) is 53.6. The van der Waals surface area contributed by atoms with Crippen LogP contribution in [0.1, 0.15) is 31.3 Å². The number of benzene rings is 1. The second kappa shape index (κ2) is 8.64. The number of hydrogen-bond acceptors (Lipinski definition) is 6. The van der Waals surface area contributed by atoms with Crippen molar-refractivity contribution in [2.75, 3.05) is 11.9 Å². The maximum Gasteiger partial charge on any atom is 0.291 e. The largest absolute Gasteiger partial charge is 0.459 e. The fraction of sp³-hybridized carbons (Fsp3) is 0.0455. The Morgan fingerprint density at radius 2 is 1.75 bits per heavy atom. The lowest BCUT2D eigenvalue weighted by Gasteiger charge is -2.08. The van der Waals surface area contributed by atoms with Gasteiger partial charge in [-0.2, -0.15) is 0 Å². The van der Waals surface area contributed by atoms with Gasteiger partial charge in [0, 0.05) is 11.8 Å². The Morgan fingerprint density at radius 3 is 2.47 bits per heavy atom. The third-order valence-electron chi connectivity index (χ3n) is 4.53. The molecule has 32 heavy (non-hydrogen) atoms. The Hall–Kier alpha value is -4.60. The maximum absolute atomic E-state index is 13.0. The van der Waals surface area contributed by atoms with Gasteiger partial charge in [0.1, 0.15) is 17.2 Å². The predicted molar refractivity (Wildman–Crippen MR) is 111 cm³/mol. The summed E-state index contributed by atoms with van der Waals surface area (Å²) in [6, 6.07) is 10.8. The van der Waals surface area contributed by atoms with Crippen LogP contribution in [-0.4, -0.2) is 33.5 Å². The number of halogens is 1. The van der Waals surface area contributed by atoms with Crippen LogP contribution < -0.4 is 16.2 Å². The van der Waals surface area contributed by atoms with Gasteiger partial charge >= 0.3 is 0 Å². The number of fused-ring (bicyclic) bond motifs is 1. The van der Waals surface area contributed by atoms with Crippen LogP contribution in [0.3, 0.4) is 0 Å². The van der Waals surface area contributed by atoms with Crippen LogP contribution >= 0.6 is 0 Å². The number of Topliss-reactive ketones (excluding diaryl/α,β-unsaturated/α-hetero) is 1. The first-order valence-electron chi connectivity index (χ1n) is 9.35. The van der Waals surface area contributed by atoms with Crippen molar-refractivity contribution in [3.63, 3.8) is 0 Å². The zero-order valence-corrected chi connectivity index (χ0v) is 16.4. The highest BCUT2D eigenvalue weighted by molar-refractivity contribution is 6.03. The lowest BCUT2D eigenvalue weighted by molar-refractivity contribution is 0.0903. The zero-order chi connectivity index (χ0) is 22.7. The molecule has 2 amide bonds. The van der Waals surface area contributed by atoms with Crippen molar-refractivity contribution < 1.29 is 23.2 Å². The molecule has 1 aromatic carbocycles. The van der Waals surface area contributed by atoms with Crippen LogP contribution in [0.4, 0.5) is 10.1 Å². The second-order valence-electron chi connectivity index (χ2n) is 6.67. The summed E-state index contributed by atoms with van der Waals surface area (Å²) in [5, 5.41) is 4.88. The molecule has 3 aromatic heterocycles. The fourth-order valence-electron chi connectivity index (χ4n) is 2.89. The van der Waals surface area contributed by atoms with Gasteiger partial charge in [-0.05, 0) is 48.5 Å². The summed E-state index contributed by atoms with van der Waals surface area (Å²) in [6.07, 6.45) is 3.79. The van der Waals surface area contributed by atoms with Gasteiger partial charge in [-0.1, -0.05) is 0 Å². The summed E-state index contributed by atoms with van der Waals surface area (Å²) in [7, 11) is 0. The second-order valence-corrected chi connectivity index (χ2v) is 6.67. The molecule has 0 fully saturated rings. The van der Waals surface area contributed by atoms with E-state index in [4.69, 9.17) is 4.42 Å². The van der Waals surface area contributed by atoms with Crippen LogP contribution in [0.2, 0.25) is 0 Å². The summed E-state index contributed by atoms with van der Waals surface area (Å²) in [6.45, 7) is -0.311. The number of rotatable bonds is 6. The van der Waals surface area contributed by atoms with Crippen molar-refractivity contribution in [1.82, 2.24) is 14.7 Å². The lowest BCUT2D eigenvalue weighted by atomic mass is 10.1. The van der Waals surface area contributed by atoms with Gasteiger partial charge in [-0.3, -0.25) is 23.6 Å². The SMILES string of the molecule is O=C(CNC(=O)c1ccc2ncc(NC(=O)c3ccco3)c(=O)n2c1)c1ccc(F)cc1. The fourth-order valence-corrected chi connectivity index (χ4v) is 2.89. The lowest BCUT2D eigenvalue weighted by Crippen LogP contribution is -2.30. The quantitative estimate of drug-likeness (QED) is 0.449. The monoisotopic (exact) mass is 434 g/mol. The molecule has 0 aliphatic carbocycles. The maximum atomic E-state index is 13.0. The standard InChI is InChI=1S/C22H15FN4O5/c23-15-6-3-13(4-7-15)17(28)11-25-20(29)14-5-8-19-24-10-16(22(31)27(19)12-14)26-21(30)18-2-1-9-32-18/h1-10,12H,11H2,(H,25,29)(H,26,30). The summed E-state index contributed by atoms with van der Waals surface area (Å²) in [5.41, 5.74) is -0.102. The van der Waals surface area contributed by atoms with E-state index in [1.165, 1.54) is 55.1 Å². The molecule has 0 saturated carbocycles.